The van der Waals surface area contributed by atoms with Crippen molar-refractivity contribution in [1.29, 1.82) is 0 Å². The zero-order chi connectivity index (χ0) is 21.4. The van der Waals surface area contributed by atoms with Crippen LogP contribution in [-0.2, 0) is 0 Å². The van der Waals surface area contributed by atoms with Gasteiger partial charge in [-0.2, -0.15) is 9.80 Å². The molecule has 0 bridgehead atoms. The van der Waals surface area contributed by atoms with Gasteiger partial charge in [-0.1, -0.05) is 58.4 Å². The molecule has 0 aliphatic heterocycles. The number of aryl methyl sites for hydroxylation is 1. The summed E-state index contributed by atoms with van der Waals surface area (Å²) in [5.74, 6) is 0. The highest BCUT2D eigenvalue weighted by atomic mass is 79.9. The summed E-state index contributed by atoms with van der Waals surface area (Å²) in [6.07, 6.45) is 0. The minimum atomic E-state index is -0.279. The topological polar surface area (TPSA) is 75.4 Å². The van der Waals surface area contributed by atoms with Gasteiger partial charge in [0.2, 0.25) is 5.13 Å². The Morgan fingerprint density at radius 3 is 2.58 bits per heavy atom. The molecule has 0 saturated heterocycles. The molecule has 3 aromatic carbocycles. The van der Waals surface area contributed by atoms with Gasteiger partial charge >= 0.3 is 5.56 Å². The highest BCUT2D eigenvalue weighted by molar-refractivity contribution is 9.10. The average Bonchev–Trinajstić information content (AvgIpc) is 3.37. The lowest BCUT2D eigenvalue weighted by Gasteiger charge is -1.97. The third-order valence-corrected chi connectivity index (χ3v) is 6.22. The number of nitrogens with zero attached hydrogens (tertiary/aromatic N) is 4. The molecular formula is C23H16BrN5OS. The fraction of sp³-hybridized carbons (Fsp3) is 0.0435. The van der Waals surface area contributed by atoms with Crippen LogP contribution in [-0.4, -0.2) is 14.8 Å². The number of aromatic nitrogens is 3. The van der Waals surface area contributed by atoms with Crippen LogP contribution in [0, 0.1) is 6.92 Å². The highest BCUT2D eigenvalue weighted by Crippen LogP contribution is 2.26. The molecule has 5 rings (SSSR count). The Morgan fingerprint density at radius 1 is 1.00 bits per heavy atom. The van der Waals surface area contributed by atoms with E-state index in [1.165, 1.54) is 16.0 Å². The summed E-state index contributed by atoms with van der Waals surface area (Å²) in [5.41, 5.74) is 3.11. The third-order valence-electron chi connectivity index (χ3n) is 4.86. The van der Waals surface area contributed by atoms with Crippen LogP contribution in [0.3, 0.4) is 0 Å². The largest absolute Gasteiger partial charge is 0.301 e. The van der Waals surface area contributed by atoms with Crippen LogP contribution < -0.4 is 5.56 Å². The summed E-state index contributed by atoms with van der Waals surface area (Å²) >= 11 is 4.83. The second-order valence-corrected chi connectivity index (χ2v) is 8.73. The van der Waals surface area contributed by atoms with Gasteiger partial charge in [0.15, 0.2) is 5.69 Å². The molecule has 0 radical (unpaired) electrons. The van der Waals surface area contributed by atoms with E-state index in [9.17, 15) is 4.79 Å². The van der Waals surface area contributed by atoms with Crippen LogP contribution in [0.4, 0.5) is 11.4 Å². The number of nitrogens with one attached hydrogen (secondary N) is 1. The number of halogens is 1. The summed E-state index contributed by atoms with van der Waals surface area (Å²) in [5, 5.41) is 16.3. The number of thiazole rings is 1. The van der Waals surface area contributed by atoms with E-state index in [4.69, 9.17) is 0 Å². The number of hydrogen-bond donors (Lipinski definition) is 1. The molecule has 0 aliphatic rings. The molecule has 0 spiro atoms. The maximum atomic E-state index is 13.0. The van der Waals surface area contributed by atoms with Crippen LogP contribution in [0.5, 0.6) is 0 Å². The Kier molecular flexibility index (Phi) is 5.09. The number of azo groups is 1. The Labute approximate surface area is 190 Å². The van der Waals surface area contributed by atoms with E-state index in [0.717, 1.165) is 26.5 Å². The molecule has 0 atom stereocenters. The van der Waals surface area contributed by atoms with Crippen LogP contribution >= 0.6 is 27.3 Å². The van der Waals surface area contributed by atoms with Crippen molar-refractivity contribution >= 4 is 49.4 Å². The molecule has 5 aromatic rings. The van der Waals surface area contributed by atoms with Crippen molar-refractivity contribution in [3.8, 4) is 16.4 Å². The second-order valence-electron chi connectivity index (χ2n) is 6.98. The number of aromatic amines is 1. The van der Waals surface area contributed by atoms with Crippen molar-refractivity contribution in [3.63, 3.8) is 0 Å². The van der Waals surface area contributed by atoms with Gasteiger partial charge in [-0.15, -0.1) is 16.5 Å². The standard InChI is InChI=1S/C23H16BrN5OS/c1-14-21(27-26-19-11-8-15-4-2-3-5-17(15)12-19)22(30)29(28-14)23-25-20(13-31-23)16-6-9-18(24)10-7-16/h2-13,28H,1H3. The summed E-state index contributed by atoms with van der Waals surface area (Å²) < 4.78 is 2.42. The first-order valence-corrected chi connectivity index (χ1v) is 11.2. The van der Waals surface area contributed by atoms with Crippen molar-refractivity contribution in [2.24, 2.45) is 10.2 Å². The van der Waals surface area contributed by atoms with Crippen molar-refractivity contribution in [2.45, 2.75) is 6.92 Å². The molecular weight excluding hydrogens is 474 g/mol. The van der Waals surface area contributed by atoms with Gasteiger partial charge in [0.05, 0.1) is 17.1 Å². The zero-order valence-corrected chi connectivity index (χ0v) is 18.8. The van der Waals surface area contributed by atoms with Crippen LogP contribution in [0.1, 0.15) is 5.69 Å². The lowest BCUT2D eigenvalue weighted by Crippen LogP contribution is -2.13. The van der Waals surface area contributed by atoms with E-state index in [1.54, 1.807) is 6.92 Å². The number of hydrogen-bond acceptors (Lipinski definition) is 5. The molecule has 0 saturated carbocycles. The fourth-order valence-electron chi connectivity index (χ4n) is 3.26. The molecule has 0 aliphatic carbocycles. The fourth-order valence-corrected chi connectivity index (χ4v) is 4.31. The molecule has 2 heterocycles. The van der Waals surface area contributed by atoms with Gasteiger partial charge in [0.1, 0.15) is 0 Å². The van der Waals surface area contributed by atoms with Gasteiger partial charge in [0, 0.05) is 15.4 Å². The van der Waals surface area contributed by atoms with Gasteiger partial charge in [0.25, 0.3) is 0 Å². The average molecular weight is 490 g/mol. The lowest BCUT2D eigenvalue weighted by atomic mass is 10.1. The second kappa shape index (κ2) is 8.05. The molecule has 1 N–H and O–H groups in total. The Balaban J connectivity index is 1.46. The quantitative estimate of drug-likeness (QED) is 0.278. The van der Waals surface area contributed by atoms with E-state index in [0.29, 0.717) is 16.5 Å². The van der Waals surface area contributed by atoms with E-state index >= 15 is 0 Å². The van der Waals surface area contributed by atoms with E-state index in [1.807, 2.05) is 72.1 Å². The first-order valence-electron chi connectivity index (χ1n) is 9.52. The molecule has 152 valence electrons. The van der Waals surface area contributed by atoms with Gasteiger partial charge in [-0.25, -0.2) is 4.98 Å². The predicted octanol–water partition coefficient (Wildman–Crippen LogP) is 6.93. The Bertz CT molecular complexity index is 1480. The number of fused-ring (bicyclic) bond motifs is 1. The van der Waals surface area contributed by atoms with Crippen molar-refractivity contribution in [2.75, 3.05) is 0 Å². The van der Waals surface area contributed by atoms with Gasteiger partial charge in [-0.3, -0.25) is 9.89 Å². The molecule has 8 heteroatoms. The van der Waals surface area contributed by atoms with Crippen LogP contribution in [0.2, 0.25) is 0 Å². The van der Waals surface area contributed by atoms with Crippen LogP contribution in [0.15, 0.2) is 91.6 Å². The molecule has 0 fully saturated rings. The lowest BCUT2D eigenvalue weighted by molar-refractivity contribution is 0.827. The molecule has 0 unspecified atom stereocenters. The van der Waals surface area contributed by atoms with Crippen molar-refractivity contribution in [3.05, 3.63) is 92.6 Å². The summed E-state index contributed by atoms with van der Waals surface area (Å²) in [6.45, 7) is 1.80. The first-order chi connectivity index (χ1) is 15.1. The van der Waals surface area contributed by atoms with Gasteiger partial charge < -0.3 is 0 Å². The van der Waals surface area contributed by atoms with E-state index in [2.05, 4.69) is 36.2 Å². The molecule has 0 amide bonds. The van der Waals surface area contributed by atoms with Crippen LogP contribution in [0.25, 0.3) is 27.2 Å². The minimum absolute atomic E-state index is 0.272. The summed E-state index contributed by atoms with van der Waals surface area (Å²) in [4.78, 5) is 17.6. The smallest absolute Gasteiger partial charge is 0.291 e. The Hall–Kier alpha value is -3.36. The maximum Gasteiger partial charge on any atom is 0.301 e. The maximum absolute atomic E-state index is 13.0. The van der Waals surface area contributed by atoms with Crippen molar-refractivity contribution in [1.82, 2.24) is 14.8 Å². The molecule has 31 heavy (non-hydrogen) atoms. The number of rotatable bonds is 4. The molecule has 6 nitrogen and oxygen atoms in total. The van der Waals surface area contributed by atoms with E-state index in [-0.39, 0.29) is 11.2 Å². The summed E-state index contributed by atoms with van der Waals surface area (Å²) in [6, 6.07) is 21.8. The number of H-pyrrole nitrogens is 1. The minimum Gasteiger partial charge on any atom is -0.291 e. The third kappa shape index (κ3) is 3.87. The number of benzene rings is 3. The van der Waals surface area contributed by atoms with Crippen molar-refractivity contribution < 1.29 is 0 Å². The summed E-state index contributed by atoms with van der Waals surface area (Å²) in [7, 11) is 0. The molecule has 2 aromatic heterocycles. The Morgan fingerprint density at radius 2 is 1.77 bits per heavy atom. The predicted molar refractivity (Wildman–Crippen MR) is 128 cm³/mol. The van der Waals surface area contributed by atoms with Gasteiger partial charge in [-0.05, 0) is 42.0 Å². The van der Waals surface area contributed by atoms with E-state index < -0.39 is 0 Å². The first kappa shape index (κ1) is 19.6. The SMILES string of the molecule is Cc1[nH]n(-c2nc(-c3ccc(Br)cc3)cs2)c(=O)c1N=Nc1ccc2ccccc2c1. The zero-order valence-electron chi connectivity index (χ0n) is 16.4. The normalized spacial score (nSPS) is 11.5. The monoisotopic (exact) mass is 489 g/mol. The highest BCUT2D eigenvalue weighted by Gasteiger charge is 2.15.